The van der Waals surface area contributed by atoms with E-state index in [9.17, 15) is 0 Å². The zero-order valence-electron chi connectivity index (χ0n) is 11.0. The average molecular weight is 305 g/mol. The van der Waals surface area contributed by atoms with Crippen molar-refractivity contribution in [1.29, 1.82) is 0 Å². The summed E-state index contributed by atoms with van der Waals surface area (Å²) in [5.74, 6) is 1.53. The van der Waals surface area contributed by atoms with Crippen molar-refractivity contribution in [3.8, 4) is 10.6 Å². The van der Waals surface area contributed by atoms with Crippen molar-refractivity contribution in [3.63, 3.8) is 0 Å². The number of fused-ring (bicyclic) bond motifs is 1. The van der Waals surface area contributed by atoms with Crippen molar-refractivity contribution in [2.75, 3.05) is 5.73 Å². The second-order valence-corrected chi connectivity index (χ2v) is 7.10. The number of nitrogens with zero attached hydrogens (tertiary/aromatic N) is 4. The van der Waals surface area contributed by atoms with E-state index in [0.717, 1.165) is 26.4 Å². The molecule has 3 aromatic rings. The van der Waals surface area contributed by atoms with Crippen LogP contribution in [0.25, 0.3) is 15.5 Å². The highest BCUT2D eigenvalue weighted by molar-refractivity contribution is 7.20. The minimum Gasteiger partial charge on any atom is -0.390 e. The molecule has 1 aliphatic rings. The number of hydrogen-bond donors (Lipinski definition) is 1. The molecule has 20 heavy (non-hydrogen) atoms. The van der Waals surface area contributed by atoms with Crippen molar-refractivity contribution in [3.05, 3.63) is 17.3 Å². The first-order valence-electron chi connectivity index (χ1n) is 6.88. The molecule has 0 bridgehead atoms. The van der Waals surface area contributed by atoms with Crippen LogP contribution in [-0.4, -0.2) is 19.8 Å². The van der Waals surface area contributed by atoms with Crippen molar-refractivity contribution in [2.24, 2.45) is 0 Å². The fraction of sp³-hybridized carbons (Fsp3) is 0.462. The fourth-order valence-corrected chi connectivity index (χ4v) is 4.45. The predicted molar refractivity (Wildman–Crippen MR) is 82.2 cm³/mol. The summed E-state index contributed by atoms with van der Waals surface area (Å²) in [5.41, 5.74) is 7.00. The molecule has 0 saturated heterocycles. The van der Waals surface area contributed by atoms with E-state index in [0.29, 0.717) is 5.92 Å². The van der Waals surface area contributed by atoms with Crippen LogP contribution in [0.3, 0.4) is 0 Å². The third kappa shape index (κ3) is 1.92. The van der Waals surface area contributed by atoms with E-state index in [4.69, 9.17) is 5.73 Å². The molecule has 0 radical (unpaired) electrons. The van der Waals surface area contributed by atoms with Gasteiger partial charge in [0.25, 0.3) is 0 Å². The van der Waals surface area contributed by atoms with Crippen molar-refractivity contribution in [2.45, 2.75) is 38.0 Å². The number of aromatic nitrogens is 4. The summed E-state index contributed by atoms with van der Waals surface area (Å²) in [6, 6.07) is 2.02. The highest BCUT2D eigenvalue weighted by Crippen LogP contribution is 2.36. The fourth-order valence-electron chi connectivity index (χ4n) is 2.85. The SMILES string of the molecule is Nc1sccc1-c1nn2c(C3CCCCC3)nnc2s1. The molecule has 0 aliphatic heterocycles. The molecule has 0 aromatic carbocycles. The van der Waals surface area contributed by atoms with E-state index in [-0.39, 0.29) is 0 Å². The molecule has 104 valence electrons. The van der Waals surface area contributed by atoms with Crippen molar-refractivity contribution < 1.29 is 0 Å². The van der Waals surface area contributed by atoms with Gasteiger partial charge in [-0.2, -0.15) is 9.61 Å². The minimum atomic E-state index is 0.508. The Morgan fingerprint density at radius 3 is 2.80 bits per heavy atom. The van der Waals surface area contributed by atoms with Gasteiger partial charge in [0, 0.05) is 11.5 Å². The largest absolute Gasteiger partial charge is 0.390 e. The molecule has 0 spiro atoms. The Morgan fingerprint density at radius 2 is 2.05 bits per heavy atom. The van der Waals surface area contributed by atoms with Gasteiger partial charge in [0.15, 0.2) is 10.8 Å². The third-order valence-corrected chi connectivity index (χ3v) is 5.59. The van der Waals surface area contributed by atoms with Gasteiger partial charge >= 0.3 is 0 Å². The van der Waals surface area contributed by atoms with Crippen molar-refractivity contribution >= 4 is 32.6 Å². The molecule has 5 nitrogen and oxygen atoms in total. The Balaban J connectivity index is 1.77. The molecular formula is C13H15N5S2. The maximum absolute atomic E-state index is 5.98. The normalized spacial score (nSPS) is 17.0. The molecule has 3 heterocycles. The maximum Gasteiger partial charge on any atom is 0.234 e. The van der Waals surface area contributed by atoms with Gasteiger partial charge in [0.1, 0.15) is 0 Å². The summed E-state index contributed by atoms with van der Waals surface area (Å²) >= 11 is 3.10. The Labute approximate surface area is 124 Å². The number of nitrogen functional groups attached to an aromatic ring is 1. The summed E-state index contributed by atoms with van der Waals surface area (Å²) in [7, 11) is 0. The zero-order valence-corrected chi connectivity index (χ0v) is 12.6. The molecule has 1 fully saturated rings. The van der Waals surface area contributed by atoms with Crippen LogP contribution in [-0.2, 0) is 0 Å². The first-order valence-corrected chi connectivity index (χ1v) is 8.58. The quantitative estimate of drug-likeness (QED) is 0.786. The summed E-state index contributed by atoms with van der Waals surface area (Å²) in [4.78, 5) is 0.867. The van der Waals surface area contributed by atoms with Gasteiger partial charge in [-0.1, -0.05) is 30.6 Å². The molecular weight excluding hydrogens is 290 g/mol. The molecule has 0 amide bonds. The molecule has 7 heteroatoms. The van der Waals surface area contributed by atoms with Gasteiger partial charge in [0.05, 0.1) is 5.00 Å². The zero-order chi connectivity index (χ0) is 13.5. The Hall–Kier alpha value is -1.47. The summed E-state index contributed by atoms with van der Waals surface area (Å²) in [5, 5.41) is 17.1. The lowest BCUT2D eigenvalue weighted by Gasteiger charge is -2.18. The van der Waals surface area contributed by atoms with Crippen LogP contribution in [0.15, 0.2) is 11.4 Å². The smallest absolute Gasteiger partial charge is 0.234 e. The van der Waals surface area contributed by atoms with E-state index in [2.05, 4.69) is 15.3 Å². The van der Waals surface area contributed by atoms with Gasteiger partial charge in [-0.25, -0.2) is 0 Å². The lowest BCUT2D eigenvalue weighted by molar-refractivity contribution is 0.423. The minimum absolute atomic E-state index is 0.508. The number of hydrogen-bond acceptors (Lipinski definition) is 6. The second kappa shape index (κ2) is 4.82. The van der Waals surface area contributed by atoms with Crippen LogP contribution in [0, 0.1) is 0 Å². The van der Waals surface area contributed by atoms with Gasteiger partial charge in [-0.05, 0) is 24.3 Å². The standard InChI is InChI=1S/C13H15N5S2/c14-10-9(6-7-19-10)12-17-18-11(15-16-13(18)20-12)8-4-2-1-3-5-8/h6-8H,1-5,14H2. The van der Waals surface area contributed by atoms with Crippen LogP contribution in [0.4, 0.5) is 5.00 Å². The maximum atomic E-state index is 5.98. The van der Waals surface area contributed by atoms with E-state index in [1.54, 1.807) is 22.7 Å². The topological polar surface area (TPSA) is 69.1 Å². The molecule has 3 aromatic heterocycles. The highest BCUT2D eigenvalue weighted by atomic mass is 32.1. The Morgan fingerprint density at radius 1 is 1.20 bits per heavy atom. The van der Waals surface area contributed by atoms with Gasteiger partial charge in [-0.3, -0.25) is 0 Å². The molecule has 1 aliphatic carbocycles. The number of thiophene rings is 1. The van der Waals surface area contributed by atoms with Crippen LogP contribution in [0.1, 0.15) is 43.8 Å². The van der Waals surface area contributed by atoms with Crippen LogP contribution < -0.4 is 5.73 Å². The van der Waals surface area contributed by atoms with Gasteiger partial charge in [0.2, 0.25) is 4.96 Å². The average Bonchev–Trinajstić information content (AvgIpc) is 3.13. The lowest BCUT2D eigenvalue weighted by atomic mass is 9.89. The lowest BCUT2D eigenvalue weighted by Crippen LogP contribution is -2.09. The molecule has 0 unspecified atom stereocenters. The monoisotopic (exact) mass is 305 g/mol. The van der Waals surface area contributed by atoms with Crippen molar-refractivity contribution in [1.82, 2.24) is 19.8 Å². The summed E-state index contributed by atoms with van der Waals surface area (Å²) in [6.45, 7) is 0. The van der Waals surface area contributed by atoms with Crippen LogP contribution >= 0.6 is 22.7 Å². The van der Waals surface area contributed by atoms with Gasteiger partial charge < -0.3 is 5.73 Å². The first-order chi connectivity index (χ1) is 9.83. The number of anilines is 1. The molecule has 2 N–H and O–H groups in total. The second-order valence-electron chi connectivity index (χ2n) is 5.19. The third-order valence-electron chi connectivity index (χ3n) is 3.91. The van der Waals surface area contributed by atoms with Gasteiger partial charge in [-0.15, -0.1) is 21.5 Å². The summed E-state index contributed by atoms with van der Waals surface area (Å²) in [6.07, 6.45) is 6.32. The van der Waals surface area contributed by atoms with E-state index in [1.807, 2.05) is 16.0 Å². The predicted octanol–water partition coefficient (Wildman–Crippen LogP) is 3.54. The highest BCUT2D eigenvalue weighted by Gasteiger charge is 2.23. The Bertz CT molecular complexity index is 735. The van der Waals surface area contributed by atoms with E-state index in [1.165, 1.54) is 32.1 Å². The Kier molecular flexibility index (Phi) is 2.96. The number of nitrogens with two attached hydrogens (primary N) is 1. The molecule has 1 saturated carbocycles. The van der Waals surface area contributed by atoms with Crippen LogP contribution in [0.2, 0.25) is 0 Å². The number of rotatable bonds is 2. The van der Waals surface area contributed by atoms with E-state index >= 15 is 0 Å². The van der Waals surface area contributed by atoms with E-state index < -0.39 is 0 Å². The molecule has 0 atom stereocenters. The van der Waals surface area contributed by atoms with Crippen LogP contribution in [0.5, 0.6) is 0 Å². The first kappa shape index (κ1) is 12.3. The molecule has 4 rings (SSSR count). The summed E-state index contributed by atoms with van der Waals surface area (Å²) < 4.78 is 1.92.